The maximum Gasteiger partial charge on any atom is 0.172 e. The molecule has 240 valence electrons. The van der Waals surface area contributed by atoms with Gasteiger partial charge in [-0.15, -0.1) is 0 Å². The summed E-state index contributed by atoms with van der Waals surface area (Å²) in [6.45, 7) is 24.8. The summed E-state index contributed by atoms with van der Waals surface area (Å²) in [5.74, 6) is 2.93. The zero-order chi connectivity index (χ0) is 30.0. The predicted octanol–water partition coefficient (Wildman–Crippen LogP) is 7.58. The minimum Gasteiger partial charge on any atom is -0.347 e. The van der Waals surface area contributed by atoms with E-state index in [9.17, 15) is 0 Å². The highest BCUT2D eigenvalue weighted by molar-refractivity contribution is 5.16. The first-order valence-electron chi connectivity index (χ1n) is 17.5. The Kier molecular flexibility index (Phi) is 7.15. The molecule has 0 aromatic heterocycles. The summed E-state index contributed by atoms with van der Waals surface area (Å²) in [5, 5.41) is 0. The highest BCUT2D eigenvalue weighted by Gasteiger charge is 2.70. The molecular weight excluding hydrogens is 528 g/mol. The number of hydrogen-bond donors (Lipinski definition) is 0. The Hall–Kier alpha value is -0.240. The van der Waals surface area contributed by atoms with Crippen LogP contribution in [0.5, 0.6) is 0 Å². The van der Waals surface area contributed by atoms with E-state index < -0.39 is 11.6 Å². The Morgan fingerprint density at radius 3 is 2.10 bits per heavy atom. The van der Waals surface area contributed by atoms with Gasteiger partial charge in [-0.1, -0.05) is 48.5 Å². The van der Waals surface area contributed by atoms with E-state index in [4.69, 9.17) is 28.4 Å². The molecule has 3 saturated heterocycles. The van der Waals surface area contributed by atoms with Gasteiger partial charge >= 0.3 is 0 Å². The van der Waals surface area contributed by atoms with Gasteiger partial charge in [0, 0.05) is 12.3 Å². The van der Waals surface area contributed by atoms with Crippen LogP contribution in [-0.4, -0.2) is 55.5 Å². The van der Waals surface area contributed by atoms with E-state index >= 15 is 0 Å². The van der Waals surface area contributed by atoms with Gasteiger partial charge in [0.1, 0.15) is 0 Å². The fourth-order valence-corrected chi connectivity index (χ4v) is 12.2. The molecule has 6 heteroatoms. The minimum absolute atomic E-state index is 0.123. The SMILES string of the molecule is CC1O[C@H]([C@@H](C)[C@H]2CC[C@H]3[C@@H]4CC5(OCCO5)[C@H]5C[C@@H]6OC(C)(C)O[C@@H]6C[C@]5(C)[C@H]4CC[C@]23C)[C@@H]([C@@H](C)C(C)(C)C)O1. The zero-order valence-corrected chi connectivity index (χ0v) is 28.2. The van der Waals surface area contributed by atoms with Gasteiger partial charge < -0.3 is 28.4 Å². The normalized spacial score (nSPS) is 52.4. The van der Waals surface area contributed by atoms with Gasteiger partial charge in [0.25, 0.3) is 0 Å². The number of fused-ring (bicyclic) bond motifs is 7. The Morgan fingerprint density at radius 1 is 0.762 bits per heavy atom. The van der Waals surface area contributed by atoms with Crippen molar-refractivity contribution in [3.05, 3.63) is 0 Å². The van der Waals surface area contributed by atoms with Crippen molar-refractivity contribution >= 4 is 0 Å². The fraction of sp³-hybridized carbons (Fsp3) is 1.00. The lowest BCUT2D eigenvalue weighted by molar-refractivity contribution is -0.301. The van der Waals surface area contributed by atoms with E-state index in [1.807, 2.05) is 0 Å². The Bertz CT molecular complexity index is 1030. The summed E-state index contributed by atoms with van der Waals surface area (Å²) in [5.41, 5.74) is 0.622. The van der Waals surface area contributed by atoms with Crippen LogP contribution >= 0.6 is 0 Å². The van der Waals surface area contributed by atoms with Crippen molar-refractivity contribution in [2.45, 2.75) is 156 Å². The summed E-state index contributed by atoms with van der Waals surface area (Å²) in [7, 11) is 0. The van der Waals surface area contributed by atoms with Crippen molar-refractivity contribution < 1.29 is 28.4 Å². The van der Waals surface area contributed by atoms with Crippen molar-refractivity contribution in [2.75, 3.05) is 13.2 Å². The van der Waals surface area contributed by atoms with E-state index in [0.717, 1.165) is 19.3 Å². The monoisotopic (exact) mass is 588 g/mol. The third-order valence-corrected chi connectivity index (χ3v) is 14.4. The van der Waals surface area contributed by atoms with Gasteiger partial charge in [-0.3, -0.25) is 0 Å². The number of rotatable bonds is 3. The molecule has 14 atom stereocenters. The second-order valence-corrected chi connectivity index (χ2v) is 17.8. The van der Waals surface area contributed by atoms with Crippen LogP contribution in [0.3, 0.4) is 0 Å². The summed E-state index contributed by atoms with van der Waals surface area (Å²) < 4.78 is 39.6. The molecule has 1 unspecified atom stereocenters. The lowest BCUT2D eigenvalue weighted by Gasteiger charge is -2.65. The molecule has 7 rings (SSSR count). The Labute approximate surface area is 255 Å². The second-order valence-electron chi connectivity index (χ2n) is 17.8. The van der Waals surface area contributed by atoms with E-state index in [1.54, 1.807) is 0 Å². The van der Waals surface area contributed by atoms with E-state index in [-0.39, 0.29) is 41.5 Å². The molecule has 0 N–H and O–H groups in total. The molecule has 3 aliphatic heterocycles. The molecule has 42 heavy (non-hydrogen) atoms. The number of hydrogen-bond acceptors (Lipinski definition) is 6. The first kappa shape index (κ1) is 30.4. The number of ether oxygens (including phenoxy) is 6. The van der Waals surface area contributed by atoms with E-state index in [2.05, 4.69) is 69.2 Å². The first-order chi connectivity index (χ1) is 19.6. The molecule has 7 aliphatic rings. The molecule has 0 amide bonds. The fourth-order valence-electron chi connectivity index (χ4n) is 12.2. The quantitative estimate of drug-likeness (QED) is 0.339. The van der Waals surface area contributed by atoms with Crippen LogP contribution in [0.4, 0.5) is 0 Å². The van der Waals surface area contributed by atoms with Gasteiger partial charge in [-0.2, -0.15) is 0 Å². The largest absolute Gasteiger partial charge is 0.347 e. The van der Waals surface area contributed by atoms with Crippen molar-refractivity contribution in [3.63, 3.8) is 0 Å². The third kappa shape index (κ3) is 4.46. The smallest absolute Gasteiger partial charge is 0.172 e. The van der Waals surface area contributed by atoms with Crippen LogP contribution < -0.4 is 0 Å². The van der Waals surface area contributed by atoms with Gasteiger partial charge in [0.15, 0.2) is 17.9 Å². The van der Waals surface area contributed by atoms with Crippen LogP contribution in [-0.2, 0) is 28.4 Å². The Morgan fingerprint density at radius 2 is 1.40 bits per heavy atom. The summed E-state index contributed by atoms with van der Waals surface area (Å²) in [4.78, 5) is 0. The second kappa shape index (κ2) is 9.88. The molecule has 0 aromatic carbocycles. The maximum atomic E-state index is 6.73. The molecule has 3 heterocycles. The lowest BCUT2D eigenvalue weighted by atomic mass is 9.42. The first-order valence-corrected chi connectivity index (χ1v) is 17.5. The average molecular weight is 589 g/mol. The molecular formula is C36H60O6. The molecule has 4 aliphatic carbocycles. The summed E-state index contributed by atoms with van der Waals surface area (Å²) in [6, 6.07) is 0. The van der Waals surface area contributed by atoms with Gasteiger partial charge in [0.2, 0.25) is 0 Å². The van der Waals surface area contributed by atoms with Crippen LogP contribution in [0.1, 0.15) is 114 Å². The van der Waals surface area contributed by atoms with Crippen LogP contribution in [0.25, 0.3) is 0 Å². The molecule has 7 fully saturated rings. The average Bonchev–Trinajstić information content (AvgIpc) is 3.65. The van der Waals surface area contributed by atoms with Crippen molar-refractivity contribution in [2.24, 2.45) is 57.7 Å². The van der Waals surface area contributed by atoms with Crippen molar-refractivity contribution in [1.29, 1.82) is 0 Å². The molecule has 1 spiro atoms. The van der Waals surface area contributed by atoms with Crippen LogP contribution in [0, 0.1) is 57.7 Å². The van der Waals surface area contributed by atoms with Crippen LogP contribution in [0.15, 0.2) is 0 Å². The molecule has 4 saturated carbocycles. The van der Waals surface area contributed by atoms with Gasteiger partial charge in [-0.05, 0) is 111 Å². The van der Waals surface area contributed by atoms with Gasteiger partial charge in [0.05, 0.1) is 37.6 Å². The maximum absolute atomic E-state index is 6.73. The highest BCUT2D eigenvalue weighted by Crippen LogP contribution is 2.71. The predicted molar refractivity (Wildman–Crippen MR) is 161 cm³/mol. The Balaban J connectivity index is 1.17. The third-order valence-electron chi connectivity index (χ3n) is 14.4. The highest BCUT2D eigenvalue weighted by atomic mass is 16.8. The molecule has 0 radical (unpaired) electrons. The lowest BCUT2D eigenvalue weighted by Crippen LogP contribution is -2.65. The van der Waals surface area contributed by atoms with E-state index in [0.29, 0.717) is 60.1 Å². The summed E-state index contributed by atoms with van der Waals surface area (Å²) >= 11 is 0. The summed E-state index contributed by atoms with van der Waals surface area (Å²) in [6.07, 6.45) is 8.80. The zero-order valence-electron chi connectivity index (χ0n) is 28.2. The van der Waals surface area contributed by atoms with Gasteiger partial charge in [-0.25, -0.2) is 0 Å². The van der Waals surface area contributed by atoms with Crippen molar-refractivity contribution in [3.8, 4) is 0 Å². The van der Waals surface area contributed by atoms with Crippen LogP contribution in [0.2, 0.25) is 0 Å². The molecule has 0 aromatic rings. The standard InChI is InChI=1S/C36H60O6/c1-20(30-31(40-22(3)39-30)21(2)32(4,5)6)24-11-12-25-23-18-36(37-15-16-38-36)29-17-27-28(42-33(7,8)41-27)19-35(29,10)26(23)13-14-34(24,25)9/h20-31H,11-19H2,1-10H3/t20-,21+,22?,23-,24+,25-,26-,27-,28+,29-,30+,31+,34+,35+/m0/s1. The minimum atomic E-state index is -0.505. The van der Waals surface area contributed by atoms with Crippen molar-refractivity contribution in [1.82, 2.24) is 0 Å². The molecule has 6 nitrogen and oxygen atoms in total. The molecule has 0 bridgehead atoms. The van der Waals surface area contributed by atoms with E-state index in [1.165, 1.54) is 25.7 Å². The topological polar surface area (TPSA) is 55.4 Å².